The van der Waals surface area contributed by atoms with Gasteiger partial charge in [0.15, 0.2) is 0 Å². The Hall–Kier alpha value is -1.42. The maximum absolute atomic E-state index is 12.8. The van der Waals surface area contributed by atoms with Crippen molar-refractivity contribution in [2.24, 2.45) is 5.92 Å². The number of likely N-dealkylation sites (tertiary alicyclic amines) is 1. The Labute approximate surface area is 113 Å². The van der Waals surface area contributed by atoms with Crippen LogP contribution in [0.4, 0.5) is 4.39 Å². The molecule has 1 saturated heterocycles. The Kier molecular flexibility index (Phi) is 4.53. The summed E-state index contributed by atoms with van der Waals surface area (Å²) in [5.41, 5.74) is 1.12. The van der Waals surface area contributed by atoms with Gasteiger partial charge in [0.2, 0.25) is 0 Å². The quantitative estimate of drug-likeness (QED) is 0.889. The van der Waals surface area contributed by atoms with Gasteiger partial charge in [0, 0.05) is 19.0 Å². The summed E-state index contributed by atoms with van der Waals surface area (Å²) in [6.07, 6.45) is 2.10. The molecule has 0 radical (unpaired) electrons. The van der Waals surface area contributed by atoms with Crippen LogP contribution in [0.25, 0.3) is 0 Å². The fourth-order valence-electron chi connectivity index (χ4n) is 2.77. The van der Waals surface area contributed by atoms with E-state index in [-0.39, 0.29) is 18.2 Å². The molecule has 1 aromatic carbocycles. The molecule has 1 aliphatic rings. The molecule has 1 fully saturated rings. The number of nitrogens with zero attached hydrogens (tertiary/aromatic N) is 1. The highest BCUT2D eigenvalue weighted by Crippen LogP contribution is 2.23. The largest absolute Gasteiger partial charge is 0.481 e. The molecule has 1 aromatic rings. The number of aliphatic carboxylic acids is 1. The van der Waals surface area contributed by atoms with Gasteiger partial charge in [-0.1, -0.05) is 12.1 Å². The van der Waals surface area contributed by atoms with E-state index in [1.807, 2.05) is 12.1 Å². The van der Waals surface area contributed by atoms with Crippen molar-refractivity contribution in [2.45, 2.75) is 32.2 Å². The average molecular weight is 265 g/mol. The number of hydrogen-bond donors (Lipinski definition) is 1. The molecule has 0 aromatic heterocycles. The average Bonchev–Trinajstić information content (AvgIpc) is 2.80. The van der Waals surface area contributed by atoms with Crippen LogP contribution in [0.5, 0.6) is 0 Å². The van der Waals surface area contributed by atoms with E-state index in [4.69, 9.17) is 5.11 Å². The maximum Gasteiger partial charge on any atom is 0.303 e. The van der Waals surface area contributed by atoms with E-state index in [0.717, 1.165) is 31.5 Å². The number of carboxylic acid groups (broad SMARTS) is 1. The molecule has 0 saturated carbocycles. The van der Waals surface area contributed by atoms with Crippen LogP contribution in [0.3, 0.4) is 0 Å². The van der Waals surface area contributed by atoms with Gasteiger partial charge in [0.25, 0.3) is 0 Å². The van der Waals surface area contributed by atoms with Crippen molar-refractivity contribution in [3.05, 3.63) is 35.6 Å². The van der Waals surface area contributed by atoms with Crippen LogP contribution in [0.1, 0.15) is 25.3 Å². The van der Waals surface area contributed by atoms with Crippen molar-refractivity contribution >= 4 is 5.97 Å². The Morgan fingerprint density at radius 2 is 2.16 bits per heavy atom. The van der Waals surface area contributed by atoms with Gasteiger partial charge in [-0.3, -0.25) is 4.79 Å². The van der Waals surface area contributed by atoms with E-state index in [1.54, 1.807) is 0 Å². The van der Waals surface area contributed by atoms with Crippen molar-refractivity contribution in [3.8, 4) is 0 Å². The second-order valence-corrected chi connectivity index (χ2v) is 5.43. The summed E-state index contributed by atoms with van der Waals surface area (Å²) in [5.74, 6) is -0.648. The summed E-state index contributed by atoms with van der Waals surface area (Å²) in [6, 6.07) is 6.97. The fourth-order valence-corrected chi connectivity index (χ4v) is 2.77. The SMILES string of the molecule is CC(Cc1ccc(F)cc1)N1CCC(CC(=O)O)C1. The van der Waals surface area contributed by atoms with E-state index in [1.165, 1.54) is 12.1 Å². The monoisotopic (exact) mass is 265 g/mol. The molecule has 0 aliphatic carbocycles. The summed E-state index contributed by atoms with van der Waals surface area (Å²) in [7, 11) is 0. The van der Waals surface area contributed by atoms with Crippen molar-refractivity contribution in [2.75, 3.05) is 13.1 Å². The van der Waals surface area contributed by atoms with Crippen LogP contribution >= 0.6 is 0 Å². The summed E-state index contributed by atoms with van der Waals surface area (Å²) < 4.78 is 12.8. The molecule has 2 unspecified atom stereocenters. The van der Waals surface area contributed by atoms with Gasteiger partial charge in [0.1, 0.15) is 5.82 Å². The van der Waals surface area contributed by atoms with Crippen molar-refractivity contribution < 1.29 is 14.3 Å². The smallest absolute Gasteiger partial charge is 0.303 e. The third-order valence-electron chi connectivity index (χ3n) is 3.85. The van der Waals surface area contributed by atoms with Crippen molar-refractivity contribution in [1.82, 2.24) is 4.90 Å². The lowest BCUT2D eigenvalue weighted by atomic mass is 10.0. The topological polar surface area (TPSA) is 40.5 Å². The van der Waals surface area contributed by atoms with E-state index in [9.17, 15) is 9.18 Å². The van der Waals surface area contributed by atoms with Gasteiger partial charge in [-0.05, 0) is 49.9 Å². The maximum atomic E-state index is 12.8. The first-order valence-electron chi connectivity index (χ1n) is 6.75. The number of halogens is 1. The van der Waals surface area contributed by atoms with E-state index in [2.05, 4.69) is 11.8 Å². The van der Waals surface area contributed by atoms with Crippen LogP contribution in [-0.2, 0) is 11.2 Å². The first-order valence-corrected chi connectivity index (χ1v) is 6.75. The second kappa shape index (κ2) is 6.15. The fraction of sp³-hybridized carbons (Fsp3) is 0.533. The highest BCUT2D eigenvalue weighted by Gasteiger charge is 2.27. The van der Waals surface area contributed by atoms with Crippen LogP contribution in [0, 0.1) is 11.7 Å². The Morgan fingerprint density at radius 1 is 1.47 bits per heavy atom. The van der Waals surface area contributed by atoms with Gasteiger partial charge < -0.3 is 10.0 Å². The number of carbonyl (C=O) groups is 1. The summed E-state index contributed by atoms with van der Waals surface area (Å²) in [6.45, 7) is 3.96. The van der Waals surface area contributed by atoms with Gasteiger partial charge >= 0.3 is 5.97 Å². The van der Waals surface area contributed by atoms with Gasteiger partial charge in [-0.15, -0.1) is 0 Å². The van der Waals surface area contributed by atoms with Gasteiger partial charge in [-0.25, -0.2) is 4.39 Å². The van der Waals surface area contributed by atoms with Crippen molar-refractivity contribution in [1.29, 1.82) is 0 Å². The van der Waals surface area contributed by atoms with Gasteiger partial charge in [0.05, 0.1) is 0 Å². The molecular weight excluding hydrogens is 245 g/mol. The van der Waals surface area contributed by atoms with E-state index < -0.39 is 5.97 Å². The highest BCUT2D eigenvalue weighted by atomic mass is 19.1. The predicted molar refractivity (Wildman–Crippen MR) is 71.5 cm³/mol. The standard InChI is InChI=1S/C15H20FNO2/c1-11(8-12-2-4-14(16)5-3-12)17-7-6-13(10-17)9-15(18)19/h2-5,11,13H,6-10H2,1H3,(H,18,19). The number of benzene rings is 1. The molecule has 2 atom stereocenters. The van der Waals surface area contributed by atoms with Crippen LogP contribution in [0.2, 0.25) is 0 Å². The Balaban J connectivity index is 1.85. The highest BCUT2D eigenvalue weighted by molar-refractivity contribution is 5.67. The molecule has 1 aliphatic heterocycles. The van der Waals surface area contributed by atoms with Crippen LogP contribution < -0.4 is 0 Å². The molecule has 2 rings (SSSR count). The lowest BCUT2D eigenvalue weighted by Gasteiger charge is -2.24. The minimum absolute atomic E-state index is 0.209. The molecule has 0 bridgehead atoms. The van der Waals surface area contributed by atoms with Crippen molar-refractivity contribution in [3.63, 3.8) is 0 Å². The molecule has 104 valence electrons. The molecule has 1 heterocycles. The molecule has 1 N–H and O–H groups in total. The zero-order valence-corrected chi connectivity index (χ0v) is 11.2. The molecule has 0 spiro atoms. The molecular formula is C15H20FNO2. The third kappa shape index (κ3) is 4.03. The zero-order chi connectivity index (χ0) is 13.8. The molecule has 4 heteroatoms. The summed E-state index contributed by atoms with van der Waals surface area (Å²) in [5, 5.41) is 8.81. The lowest BCUT2D eigenvalue weighted by molar-refractivity contribution is -0.138. The van der Waals surface area contributed by atoms with Crippen LogP contribution in [0.15, 0.2) is 24.3 Å². The third-order valence-corrected chi connectivity index (χ3v) is 3.85. The number of hydrogen-bond acceptors (Lipinski definition) is 2. The van der Waals surface area contributed by atoms with Crippen LogP contribution in [-0.4, -0.2) is 35.1 Å². The van der Waals surface area contributed by atoms with E-state index >= 15 is 0 Å². The zero-order valence-electron chi connectivity index (χ0n) is 11.2. The Morgan fingerprint density at radius 3 is 2.79 bits per heavy atom. The summed E-state index contributed by atoms with van der Waals surface area (Å²) >= 11 is 0. The molecule has 19 heavy (non-hydrogen) atoms. The summed E-state index contributed by atoms with van der Waals surface area (Å²) in [4.78, 5) is 13.0. The predicted octanol–water partition coefficient (Wildman–Crippen LogP) is 2.55. The normalized spacial score (nSPS) is 21.5. The number of rotatable bonds is 5. The first kappa shape index (κ1) is 14.0. The first-order chi connectivity index (χ1) is 9.04. The Bertz CT molecular complexity index is 432. The minimum Gasteiger partial charge on any atom is -0.481 e. The second-order valence-electron chi connectivity index (χ2n) is 5.43. The van der Waals surface area contributed by atoms with E-state index in [0.29, 0.717) is 6.04 Å². The van der Waals surface area contributed by atoms with Gasteiger partial charge in [-0.2, -0.15) is 0 Å². The lowest BCUT2D eigenvalue weighted by Crippen LogP contribution is -2.32. The molecule has 3 nitrogen and oxygen atoms in total. The number of carboxylic acids is 1. The minimum atomic E-state index is -0.710. The molecule has 0 amide bonds.